The van der Waals surface area contributed by atoms with Crippen LogP contribution in [0.1, 0.15) is 78.1 Å². The maximum absolute atomic E-state index is 13.2. The Morgan fingerprint density at radius 3 is 2.07 bits per heavy atom. The molecule has 3 aromatic heterocycles. The minimum atomic E-state index is -0.869. The number of likely N-dealkylation sites (tertiary alicyclic amines) is 1. The number of esters is 1. The van der Waals surface area contributed by atoms with Crippen LogP contribution < -0.4 is 31.9 Å². The van der Waals surface area contributed by atoms with Crippen molar-refractivity contribution in [1.29, 1.82) is 0 Å². The van der Waals surface area contributed by atoms with Crippen molar-refractivity contribution in [2.75, 3.05) is 49.2 Å². The van der Waals surface area contributed by atoms with Crippen LogP contribution >= 0.6 is 0 Å². The molecule has 0 radical (unpaired) electrons. The van der Waals surface area contributed by atoms with Gasteiger partial charge >= 0.3 is 12.1 Å². The second-order valence-corrected chi connectivity index (χ2v) is 12.8. The van der Waals surface area contributed by atoms with Crippen LogP contribution in [0.5, 0.6) is 0 Å². The number of ether oxygens (including phenoxy) is 2. The summed E-state index contributed by atoms with van der Waals surface area (Å²) in [6.07, 6.45) is 0.0415. The third-order valence-electron chi connectivity index (χ3n) is 7.44. The lowest BCUT2D eigenvalue weighted by Crippen LogP contribution is -2.47. The molecule has 1 saturated heterocycles. The normalized spacial score (nSPS) is 13.7. The molecule has 0 unspecified atom stereocenters. The fourth-order valence-electron chi connectivity index (χ4n) is 5.02. The predicted molar refractivity (Wildman–Crippen MR) is 188 cm³/mol. The molecular formula is C34H42N8O12. The van der Waals surface area contributed by atoms with Crippen LogP contribution in [0.4, 0.5) is 22.4 Å². The Hall–Kier alpha value is -6.60. The minimum absolute atomic E-state index is 0.00808. The number of hydrogen-bond donors (Lipinski definition) is 7. The van der Waals surface area contributed by atoms with Gasteiger partial charge in [-0.05, 0) is 57.9 Å². The van der Waals surface area contributed by atoms with E-state index in [4.69, 9.17) is 13.6 Å². The average Bonchev–Trinajstić information content (AvgIpc) is 3.94. The highest BCUT2D eigenvalue weighted by Gasteiger charge is 2.36. The molecule has 3 aromatic rings. The van der Waals surface area contributed by atoms with Gasteiger partial charge in [-0.15, -0.1) is 0 Å². The maximum atomic E-state index is 13.2. The summed E-state index contributed by atoms with van der Waals surface area (Å²) in [5.41, 5.74) is -0.582. The minimum Gasteiger partial charge on any atom is -0.463 e. The number of anilines is 3. The van der Waals surface area contributed by atoms with E-state index in [-0.39, 0.29) is 67.3 Å². The molecular weight excluding hydrogens is 712 g/mol. The van der Waals surface area contributed by atoms with Crippen LogP contribution in [0.15, 0.2) is 45.2 Å². The molecule has 0 saturated carbocycles. The summed E-state index contributed by atoms with van der Waals surface area (Å²) in [7, 11) is 1.19. The number of hydrogen-bond acceptors (Lipinski definition) is 12. The number of aromatic nitrogens is 1. The molecule has 1 aliphatic rings. The number of nitrogens with one attached hydrogen (secondary N) is 7. The van der Waals surface area contributed by atoms with Crippen LogP contribution in [-0.2, 0) is 28.7 Å². The second kappa shape index (κ2) is 18.2. The third kappa shape index (κ3) is 12.0. The van der Waals surface area contributed by atoms with Crippen molar-refractivity contribution in [2.45, 2.75) is 58.1 Å². The highest BCUT2D eigenvalue weighted by Crippen LogP contribution is 2.23. The quantitative estimate of drug-likeness (QED) is 0.110. The molecule has 7 amide bonds. The number of carbonyl (C=O) groups excluding carboxylic acids is 8. The Bertz CT molecular complexity index is 1870. The van der Waals surface area contributed by atoms with Crippen molar-refractivity contribution in [3.05, 3.63) is 53.6 Å². The van der Waals surface area contributed by atoms with Crippen LogP contribution in [0.2, 0.25) is 0 Å². The summed E-state index contributed by atoms with van der Waals surface area (Å²) in [5, 5.41) is 15.0. The third-order valence-corrected chi connectivity index (χ3v) is 7.44. The number of alkyl carbamates (subject to hydrolysis) is 1. The van der Waals surface area contributed by atoms with Gasteiger partial charge in [0.05, 0.1) is 13.7 Å². The van der Waals surface area contributed by atoms with Gasteiger partial charge in [-0.2, -0.15) is 0 Å². The zero-order chi connectivity index (χ0) is 39.4. The standard InChI is InChI=1S/C34H42N8O12/c1-34(2,3)54-33(50)36-16-14-25(44)40-27-11-8-21(52-27)31(48)42-17-5-6-20(42)30(47)37-18-26(45)39-23-10-7-19(38-23)29(46)35-15-13-24(43)41-28-12-9-22(53-28)32(49)51-4/h7-12,20,38H,5-6,13-18H2,1-4H3,(H,35,46)(H,36,50)(H,37,47)(H,39,45)(H,40,44)(H,41,43)/t20-/m1/s1. The van der Waals surface area contributed by atoms with Crippen molar-refractivity contribution < 1.29 is 56.7 Å². The number of H-pyrrole nitrogens is 1. The van der Waals surface area contributed by atoms with Crippen LogP contribution in [0.25, 0.3) is 0 Å². The maximum Gasteiger partial charge on any atom is 0.407 e. The molecule has 0 aromatic carbocycles. The Balaban J connectivity index is 1.16. The predicted octanol–water partition coefficient (Wildman–Crippen LogP) is 1.96. The number of carbonyl (C=O) groups is 8. The zero-order valence-electron chi connectivity index (χ0n) is 30.0. The van der Waals surface area contributed by atoms with Crippen molar-refractivity contribution in [3.63, 3.8) is 0 Å². The van der Waals surface area contributed by atoms with Gasteiger partial charge < -0.3 is 49.5 Å². The molecule has 290 valence electrons. The summed E-state index contributed by atoms with van der Waals surface area (Å²) >= 11 is 0. The average molecular weight is 755 g/mol. The number of amides is 7. The lowest BCUT2D eigenvalue weighted by Gasteiger charge is -2.22. The number of rotatable bonds is 15. The monoisotopic (exact) mass is 754 g/mol. The van der Waals surface area contributed by atoms with Crippen molar-refractivity contribution in [2.24, 2.45) is 0 Å². The molecule has 0 aliphatic carbocycles. The molecule has 1 fully saturated rings. The molecule has 0 bridgehead atoms. The van der Waals surface area contributed by atoms with E-state index >= 15 is 0 Å². The first-order chi connectivity index (χ1) is 25.6. The fraction of sp³-hybridized carbons (Fsp3) is 0.412. The lowest BCUT2D eigenvalue weighted by molar-refractivity contribution is -0.127. The summed E-state index contributed by atoms with van der Waals surface area (Å²) in [4.78, 5) is 103. The molecule has 1 aliphatic heterocycles. The first kappa shape index (κ1) is 40.2. The number of furan rings is 2. The van der Waals surface area contributed by atoms with E-state index < -0.39 is 65.7 Å². The zero-order valence-corrected chi connectivity index (χ0v) is 30.0. The van der Waals surface area contributed by atoms with E-state index in [1.165, 1.54) is 48.4 Å². The summed E-state index contributed by atoms with van der Waals surface area (Å²) in [6, 6.07) is 7.47. The van der Waals surface area contributed by atoms with E-state index in [9.17, 15) is 38.4 Å². The Kier molecular flexibility index (Phi) is 13.6. The summed E-state index contributed by atoms with van der Waals surface area (Å²) in [6.45, 7) is 4.96. The molecule has 7 N–H and O–H groups in total. The van der Waals surface area contributed by atoms with Gasteiger partial charge in [0, 0.05) is 44.6 Å². The molecule has 20 nitrogen and oxygen atoms in total. The summed E-state index contributed by atoms with van der Waals surface area (Å²) in [5.74, 6) is -3.90. The Morgan fingerprint density at radius 2 is 1.43 bits per heavy atom. The number of aromatic amines is 1. The molecule has 1 atom stereocenters. The second-order valence-electron chi connectivity index (χ2n) is 12.8. The lowest BCUT2D eigenvalue weighted by atomic mass is 10.2. The summed E-state index contributed by atoms with van der Waals surface area (Å²) < 4.78 is 20.3. The van der Waals surface area contributed by atoms with Gasteiger partial charge in [0.2, 0.25) is 35.3 Å². The van der Waals surface area contributed by atoms with Gasteiger partial charge in [0.15, 0.2) is 11.6 Å². The topological polar surface area (TPSA) is 273 Å². The van der Waals surface area contributed by atoms with Crippen LogP contribution in [-0.4, -0.2) is 102 Å². The van der Waals surface area contributed by atoms with Crippen LogP contribution in [0, 0.1) is 0 Å². The Morgan fingerprint density at radius 1 is 0.796 bits per heavy atom. The van der Waals surface area contributed by atoms with Crippen molar-refractivity contribution in [1.82, 2.24) is 25.8 Å². The smallest absolute Gasteiger partial charge is 0.407 e. The van der Waals surface area contributed by atoms with Gasteiger partial charge in [-0.25, -0.2) is 9.59 Å². The first-order valence-corrected chi connectivity index (χ1v) is 16.8. The van der Waals surface area contributed by atoms with Gasteiger partial charge in [0.25, 0.3) is 11.8 Å². The highest BCUT2D eigenvalue weighted by atomic mass is 16.6. The van der Waals surface area contributed by atoms with Gasteiger partial charge in [-0.1, -0.05) is 0 Å². The fourth-order valence-corrected chi connectivity index (χ4v) is 5.02. The van der Waals surface area contributed by atoms with E-state index in [2.05, 4.69) is 41.6 Å². The van der Waals surface area contributed by atoms with E-state index in [1.54, 1.807) is 20.8 Å². The highest BCUT2D eigenvalue weighted by molar-refractivity contribution is 6.00. The first-order valence-electron chi connectivity index (χ1n) is 16.8. The number of methoxy groups -OCH3 is 1. The molecule has 4 rings (SSSR count). The van der Waals surface area contributed by atoms with Gasteiger partial charge in [0.1, 0.15) is 23.2 Å². The largest absolute Gasteiger partial charge is 0.463 e. The van der Waals surface area contributed by atoms with E-state index in [0.717, 1.165) is 0 Å². The van der Waals surface area contributed by atoms with Crippen molar-refractivity contribution in [3.8, 4) is 0 Å². The van der Waals surface area contributed by atoms with Crippen LogP contribution in [0.3, 0.4) is 0 Å². The Labute approximate surface area is 308 Å². The number of nitrogens with zero attached hydrogens (tertiary/aromatic N) is 1. The molecule has 20 heteroatoms. The van der Waals surface area contributed by atoms with Gasteiger partial charge in [-0.3, -0.25) is 39.4 Å². The van der Waals surface area contributed by atoms with E-state index in [0.29, 0.717) is 12.8 Å². The SMILES string of the molecule is COC(=O)c1ccc(NC(=O)CCNC(=O)c2ccc(NC(=O)CNC(=O)[C@H]3CCCN3C(=O)c3ccc(NC(=O)CCNC(=O)OC(C)(C)C)o3)[nH]2)o1. The molecule has 4 heterocycles. The van der Waals surface area contributed by atoms with Crippen molar-refractivity contribution >= 4 is 65.1 Å². The van der Waals surface area contributed by atoms with E-state index in [1.807, 2.05) is 0 Å². The molecule has 54 heavy (non-hydrogen) atoms. The molecule has 0 spiro atoms.